The van der Waals surface area contributed by atoms with Crippen LogP contribution in [0.4, 0.5) is 0 Å². The van der Waals surface area contributed by atoms with E-state index >= 15 is 0 Å². The number of rotatable bonds is 33. The van der Waals surface area contributed by atoms with Crippen LogP contribution in [0.2, 0.25) is 0 Å². The van der Waals surface area contributed by atoms with Gasteiger partial charge < -0.3 is 19.0 Å². The lowest BCUT2D eigenvalue weighted by atomic mass is 10.0. The standard InChI is InChI=1S/2C20H37NO5S/c1-3-5-7-9-11-13-17(12-10-8-6-4-2)21-20(22)19-15-14-18(26-19)16-27(23,24)25;1-2-3-4-5-6-7-8-9-10-11-12-13-16-21-20(22)19-15-14-18(26-19)17-27(23,24)25/h14-15,17,20-22H,3-13,16H2,1-2H3,(H,23,24,25);14-15,20-22H,2-13,16-17H2,1H3,(H,23,24,25). The van der Waals surface area contributed by atoms with Crippen molar-refractivity contribution in [3.63, 3.8) is 0 Å². The molecule has 3 atom stereocenters. The minimum absolute atomic E-state index is 0.110. The molecule has 0 radical (unpaired) electrons. The molecule has 0 aromatic carbocycles. The summed E-state index contributed by atoms with van der Waals surface area (Å²) in [7, 11) is -8.27. The molecule has 2 rings (SSSR count). The molecule has 14 heteroatoms. The summed E-state index contributed by atoms with van der Waals surface area (Å²) >= 11 is 0. The predicted octanol–water partition coefficient (Wildman–Crippen LogP) is 9.90. The van der Waals surface area contributed by atoms with E-state index in [2.05, 4.69) is 31.4 Å². The highest BCUT2D eigenvalue weighted by molar-refractivity contribution is 7.85. The van der Waals surface area contributed by atoms with Gasteiger partial charge in [0.1, 0.15) is 34.5 Å². The van der Waals surface area contributed by atoms with Gasteiger partial charge in [0, 0.05) is 6.04 Å². The molecule has 0 aliphatic heterocycles. The highest BCUT2D eigenvalue weighted by atomic mass is 32.2. The molecule has 0 saturated heterocycles. The maximum absolute atomic E-state index is 10.9. The van der Waals surface area contributed by atoms with E-state index in [0.29, 0.717) is 6.54 Å². The molecule has 2 aromatic heterocycles. The van der Waals surface area contributed by atoms with Crippen molar-refractivity contribution in [1.29, 1.82) is 0 Å². The van der Waals surface area contributed by atoms with E-state index in [1.165, 1.54) is 127 Å². The zero-order valence-electron chi connectivity index (χ0n) is 33.5. The highest BCUT2D eigenvalue weighted by Crippen LogP contribution is 2.21. The van der Waals surface area contributed by atoms with E-state index < -0.39 is 44.2 Å². The summed E-state index contributed by atoms with van der Waals surface area (Å²) in [6.07, 6.45) is 26.3. The summed E-state index contributed by atoms with van der Waals surface area (Å²) in [4.78, 5) is 0. The van der Waals surface area contributed by atoms with Gasteiger partial charge in [0.05, 0.1) is 0 Å². The predicted molar refractivity (Wildman–Crippen MR) is 216 cm³/mol. The van der Waals surface area contributed by atoms with Crippen LogP contribution in [0.25, 0.3) is 0 Å². The second-order valence-corrected chi connectivity index (χ2v) is 17.5. The number of furan rings is 2. The minimum atomic E-state index is -4.15. The van der Waals surface area contributed by atoms with E-state index in [0.717, 1.165) is 38.5 Å². The SMILES string of the molecule is CCCCCCCC(CCCCCC)NC(O)c1ccc(CS(=O)(=O)O)o1.CCCCCCCCCCCCCCNC(O)c1ccc(CS(=O)(=O)O)o1. The lowest BCUT2D eigenvalue weighted by molar-refractivity contribution is 0.0938. The molecule has 2 aromatic rings. The molecular weight excluding hydrogens is 733 g/mol. The largest absolute Gasteiger partial charge is 0.461 e. The molecule has 6 N–H and O–H groups in total. The summed E-state index contributed by atoms with van der Waals surface area (Å²) in [5, 5.41) is 26.6. The number of unbranched alkanes of at least 4 members (excludes halogenated alkanes) is 18. The van der Waals surface area contributed by atoms with E-state index in [9.17, 15) is 27.0 Å². The van der Waals surface area contributed by atoms with E-state index in [1.54, 1.807) is 6.07 Å². The van der Waals surface area contributed by atoms with Crippen LogP contribution in [0.15, 0.2) is 33.1 Å². The quantitative estimate of drug-likeness (QED) is 0.0227. The van der Waals surface area contributed by atoms with Gasteiger partial charge in [-0.05, 0) is 50.1 Å². The Bertz CT molecular complexity index is 1390. The van der Waals surface area contributed by atoms with Gasteiger partial charge >= 0.3 is 0 Å². The first-order chi connectivity index (χ1) is 25.8. The van der Waals surface area contributed by atoms with Gasteiger partial charge in [-0.3, -0.25) is 19.7 Å². The molecule has 0 amide bonds. The number of hydrogen-bond donors (Lipinski definition) is 6. The molecule has 0 fully saturated rings. The van der Waals surface area contributed by atoms with Crippen LogP contribution in [0, 0.1) is 0 Å². The Morgan fingerprint density at radius 1 is 0.519 bits per heavy atom. The smallest absolute Gasteiger partial charge is 0.272 e. The first kappa shape index (κ1) is 50.2. The third-order valence-electron chi connectivity index (χ3n) is 9.38. The van der Waals surface area contributed by atoms with Crippen molar-refractivity contribution in [2.24, 2.45) is 0 Å². The Morgan fingerprint density at radius 3 is 1.28 bits per heavy atom. The Kier molecular flexibility index (Phi) is 28.3. The van der Waals surface area contributed by atoms with Gasteiger partial charge in [-0.1, -0.05) is 149 Å². The van der Waals surface area contributed by atoms with E-state index in [1.807, 2.05) is 0 Å². The van der Waals surface area contributed by atoms with Gasteiger partial charge in [-0.25, -0.2) is 0 Å². The fourth-order valence-electron chi connectivity index (χ4n) is 6.33. The topological polar surface area (TPSA) is 200 Å². The number of nitrogens with one attached hydrogen (secondary N) is 2. The molecule has 0 spiro atoms. The lowest BCUT2D eigenvalue weighted by Crippen LogP contribution is -2.32. The van der Waals surface area contributed by atoms with Crippen LogP contribution < -0.4 is 10.6 Å². The number of hydrogen-bond acceptors (Lipinski definition) is 10. The number of aliphatic hydroxyl groups excluding tert-OH is 2. The molecule has 3 unspecified atom stereocenters. The van der Waals surface area contributed by atoms with Crippen molar-refractivity contribution in [2.75, 3.05) is 6.54 Å². The van der Waals surface area contributed by atoms with Gasteiger partial charge in [-0.15, -0.1) is 0 Å². The van der Waals surface area contributed by atoms with Crippen molar-refractivity contribution in [2.45, 2.75) is 198 Å². The monoisotopic (exact) mass is 806 g/mol. The fraction of sp³-hybridized carbons (Fsp3) is 0.800. The normalized spacial score (nSPS) is 13.8. The first-order valence-corrected chi connectivity index (χ1v) is 23.9. The average Bonchev–Trinajstić information content (AvgIpc) is 3.77. The second kappa shape index (κ2) is 30.4. The molecule has 0 aliphatic carbocycles. The Balaban J connectivity index is 0.000000540. The summed E-state index contributed by atoms with van der Waals surface area (Å²) in [5.74, 6) is -0.410. The number of aliphatic hydroxyl groups is 2. The highest BCUT2D eigenvalue weighted by Gasteiger charge is 2.19. The van der Waals surface area contributed by atoms with Crippen LogP contribution >= 0.6 is 0 Å². The van der Waals surface area contributed by atoms with Crippen molar-refractivity contribution in [3.05, 3.63) is 47.3 Å². The molecule has 12 nitrogen and oxygen atoms in total. The van der Waals surface area contributed by atoms with Crippen molar-refractivity contribution >= 4 is 20.2 Å². The lowest BCUT2D eigenvalue weighted by Gasteiger charge is -2.22. The third-order valence-corrected chi connectivity index (χ3v) is 10.7. The summed E-state index contributed by atoms with van der Waals surface area (Å²) in [6, 6.07) is 6.18. The summed E-state index contributed by atoms with van der Waals surface area (Å²) < 4.78 is 71.8. The molecule has 0 aliphatic rings. The molecule has 316 valence electrons. The van der Waals surface area contributed by atoms with Crippen molar-refractivity contribution < 1.29 is 45.0 Å². The maximum atomic E-state index is 10.9. The minimum Gasteiger partial charge on any atom is -0.461 e. The fourth-order valence-corrected chi connectivity index (χ4v) is 7.36. The van der Waals surface area contributed by atoms with Crippen LogP contribution in [0.5, 0.6) is 0 Å². The summed E-state index contributed by atoms with van der Waals surface area (Å²) in [5.41, 5.74) is 0. The second-order valence-electron chi connectivity index (χ2n) is 14.6. The Morgan fingerprint density at radius 2 is 0.870 bits per heavy atom. The zero-order valence-corrected chi connectivity index (χ0v) is 35.1. The van der Waals surface area contributed by atoms with Crippen LogP contribution in [-0.2, 0) is 31.7 Å². The Hall–Kier alpha value is -1.78. The molecule has 0 saturated carbocycles. The third kappa shape index (κ3) is 27.7. The molecule has 2 heterocycles. The van der Waals surface area contributed by atoms with E-state index in [4.69, 9.17) is 17.9 Å². The van der Waals surface area contributed by atoms with E-state index in [-0.39, 0.29) is 29.1 Å². The van der Waals surface area contributed by atoms with Gasteiger partial charge in [-0.2, -0.15) is 16.8 Å². The van der Waals surface area contributed by atoms with Crippen molar-refractivity contribution in [1.82, 2.24) is 10.6 Å². The van der Waals surface area contributed by atoms with Gasteiger partial charge in [0.25, 0.3) is 20.2 Å². The molecular formula is C40H74N2O10S2. The average molecular weight is 807 g/mol. The van der Waals surface area contributed by atoms with Crippen molar-refractivity contribution in [3.8, 4) is 0 Å². The Labute approximate surface area is 327 Å². The van der Waals surface area contributed by atoms with Crippen LogP contribution in [-0.4, -0.2) is 48.7 Å². The summed E-state index contributed by atoms with van der Waals surface area (Å²) in [6.45, 7) is 7.31. The van der Waals surface area contributed by atoms with Gasteiger partial charge in [0.15, 0.2) is 12.5 Å². The molecule has 54 heavy (non-hydrogen) atoms. The van der Waals surface area contributed by atoms with Gasteiger partial charge in [0.2, 0.25) is 0 Å². The maximum Gasteiger partial charge on any atom is 0.272 e. The van der Waals surface area contributed by atoms with Crippen LogP contribution in [0.3, 0.4) is 0 Å². The van der Waals surface area contributed by atoms with Crippen LogP contribution in [0.1, 0.15) is 204 Å². The zero-order chi connectivity index (χ0) is 40.1. The molecule has 0 bridgehead atoms. The first-order valence-electron chi connectivity index (χ1n) is 20.7.